The summed E-state index contributed by atoms with van der Waals surface area (Å²) < 4.78 is 11.3. The number of benzene rings is 1. The maximum absolute atomic E-state index is 10.8. The Morgan fingerprint density at radius 1 is 1.37 bits per heavy atom. The number of halogens is 1. The first-order valence-corrected chi connectivity index (χ1v) is 6.29. The van der Waals surface area contributed by atoms with Gasteiger partial charge in [-0.15, -0.1) is 0 Å². The maximum Gasteiger partial charge on any atom is 0.358 e. The third-order valence-corrected chi connectivity index (χ3v) is 3.77. The molecule has 100 valence electrons. The molecule has 5 nitrogen and oxygen atoms in total. The van der Waals surface area contributed by atoms with Gasteiger partial charge in [-0.2, -0.15) is 0 Å². The molecule has 0 fully saturated rings. The number of rotatable bonds is 3. The zero-order chi connectivity index (χ0) is 14.2. The van der Waals surface area contributed by atoms with Gasteiger partial charge in [0.1, 0.15) is 5.75 Å². The van der Waals surface area contributed by atoms with Crippen molar-refractivity contribution in [1.82, 2.24) is 5.16 Å². The molecule has 0 amide bonds. The lowest BCUT2D eigenvalue weighted by molar-refractivity contribution is 0.0686. The second-order valence-electron chi connectivity index (χ2n) is 4.11. The Morgan fingerprint density at radius 2 is 2.05 bits per heavy atom. The number of methoxy groups -OCH3 is 1. The smallest absolute Gasteiger partial charge is 0.358 e. The van der Waals surface area contributed by atoms with Crippen molar-refractivity contribution in [2.75, 3.05) is 7.11 Å². The lowest BCUT2D eigenvalue weighted by Crippen LogP contribution is -1.95. The summed E-state index contributed by atoms with van der Waals surface area (Å²) >= 11 is 3.45. The number of hydrogen-bond acceptors (Lipinski definition) is 4. The van der Waals surface area contributed by atoms with E-state index in [9.17, 15) is 4.79 Å². The predicted octanol–water partition coefficient (Wildman–Crippen LogP) is 3.43. The van der Waals surface area contributed by atoms with Gasteiger partial charge in [-0.3, -0.25) is 0 Å². The monoisotopic (exact) mass is 325 g/mol. The van der Waals surface area contributed by atoms with Crippen LogP contribution in [0.5, 0.6) is 5.75 Å². The van der Waals surface area contributed by atoms with Gasteiger partial charge in [0.25, 0.3) is 0 Å². The van der Waals surface area contributed by atoms with Crippen LogP contribution in [0.2, 0.25) is 0 Å². The second-order valence-corrected chi connectivity index (χ2v) is 4.91. The van der Waals surface area contributed by atoms with Gasteiger partial charge >= 0.3 is 5.97 Å². The Kier molecular flexibility index (Phi) is 3.61. The molecule has 1 N–H and O–H groups in total. The first-order chi connectivity index (χ1) is 8.95. The highest BCUT2D eigenvalue weighted by Crippen LogP contribution is 2.41. The summed E-state index contributed by atoms with van der Waals surface area (Å²) in [6, 6.07) is 3.35. The van der Waals surface area contributed by atoms with E-state index in [0.717, 1.165) is 15.6 Å². The fourth-order valence-corrected chi connectivity index (χ4v) is 2.39. The van der Waals surface area contributed by atoms with Crippen LogP contribution < -0.4 is 4.74 Å². The molecule has 1 aromatic heterocycles. The summed E-state index contributed by atoms with van der Waals surface area (Å²) in [6.07, 6.45) is 0. The van der Waals surface area contributed by atoms with Gasteiger partial charge in [-0.25, -0.2) is 4.79 Å². The van der Waals surface area contributed by atoms with E-state index in [1.165, 1.54) is 6.07 Å². The SMILES string of the molecule is COc1c(Br)c(C)cc(C)c1-c1cc(C(=O)O)no1. The Labute approximate surface area is 118 Å². The minimum absolute atomic E-state index is 0.131. The first kappa shape index (κ1) is 13.6. The van der Waals surface area contributed by atoms with Crippen LogP contribution in [0.15, 0.2) is 21.1 Å². The van der Waals surface area contributed by atoms with E-state index in [4.69, 9.17) is 14.4 Å². The predicted molar refractivity (Wildman–Crippen MR) is 72.6 cm³/mol. The molecular formula is C13H12BrNO4. The summed E-state index contributed by atoms with van der Waals surface area (Å²) in [5, 5.41) is 12.4. The Hall–Kier alpha value is -1.82. The van der Waals surface area contributed by atoms with Crippen molar-refractivity contribution in [3.8, 4) is 17.1 Å². The van der Waals surface area contributed by atoms with Gasteiger partial charge in [-0.05, 0) is 40.9 Å². The van der Waals surface area contributed by atoms with Gasteiger partial charge in [0, 0.05) is 6.07 Å². The summed E-state index contributed by atoms with van der Waals surface area (Å²) in [4.78, 5) is 10.8. The maximum atomic E-state index is 10.8. The van der Waals surface area contributed by atoms with E-state index in [2.05, 4.69) is 21.1 Å². The minimum atomic E-state index is -1.13. The Balaban J connectivity index is 2.66. The van der Waals surface area contributed by atoms with E-state index >= 15 is 0 Å². The van der Waals surface area contributed by atoms with Crippen LogP contribution in [0, 0.1) is 13.8 Å². The van der Waals surface area contributed by atoms with E-state index in [1.54, 1.807) is 7.11 Å². The number of carboxylic acids is 1. The van der Waals surface area contributed by atoms with E-state index < -0.39 is 5.97 Å². The number of ether oxygens (including phenoxy) is 1. The number of aromatic nitrogens is 1. The standard InChI is InChI=1S/C13H12BrNO4/c1-6-4-7(2)11(14)12(18-3)10(6)9-5-8(13(16)17)15-19-9/h4-5H,1-3H3,(H,16,17). The highest BCUT2D eigenvalue weighted by molar-refractivity contribution is 9.10. The molecule has 0 aliphatic rings. The van der Waals surface area contributed by atoms with Crippen LogP contribution in [-0.2, 0) is 0 Å². The normalized spacial score (nSPS) is 10.5. The highest BCUT2D eigenvalue weighted by Gasteiger charge is 2.20. The largest absolute Gasteiger partial charge is 0.495 e. The fourth-order valence-electron chi connectivity index (χ4n) is 1.92. The van der Waals surface area contributed by atoms with Crippen molar-refractivity contribution in [3.63, 3.8) is 0 Å². The number of aryl methyl sites for hydroxylation is 2. The third kappa shape index (κ3) is 2.35. The number of nitrogens with zero attached hydrogens (tertiary/aromatic N) is 1. The molecule has 19 heavy (non-hydrogen) atoms. The molecule has 0 spiro atoms. The molecule has 0 atom stereocenters. The number of aromatic carboxylic acids is 1. The zero-order valence-electron chi connectivity index (χ0n) is 10.7. The van der Waals surface area contributed by atoms with Crippen LogP contribution in [0.25, 0.3) is 11.3 Å². The van der Waals surface area contributed by atoms with Crippen molar-refractivity contribution >= 4 is 21.9 Å². The second kappa shape index (κ2) is 5.05. The Bertz CT molecular complexity index is 648. The molecular weight excluding hydrogens is 314 g/mol. The van der Waals surface area contributed by atoms with Crippen LogP contribution in [0.3, 0.4) is 0 Å². The average Bonchev–Trinajstić information content (AvgIpc) is 2.82. The quantitative estimate of drug-likeness (QED) is 0.935. The molecule has 0 unspecified atom stereocenters. The molecule has 6 heteroatoms. The van der Waals surface area contributed by atoms with Gasteiger partial charge in [-0.1, -0.05) is 11.2 Å². The average molecular weight is 326 g/mol. The van der Waals surface area contributed by atoms with E-state index in [1.807, 2.05) is 19.9 Å². The molecule has 1 aromatic carbocycles. The molecule has 0 aliphatic heterocycles. The van der Waals surface area contributed by atoms with Crippen LogP contribution in [0.4, 0.5) is 0 Å². The van der Waals surface area contributed by atoms with Crippen molar-refractivity contribution in [1.29, 1.82) is 0 Å². The summed E-state index contributed by atoms with van der Waals surface area (Å²) in [5.74, 6) is -0.157. The third-order valence-electron chi connectivity index (χ3n) is 2.78. The van der Waals surface area contributed by atoms with Crippen LogP contribution >= 0.6 is 15.9 Å². The van der Waals surface area contributed by atoms with Gasteiger partial charge < -0.3 is 14.4 Å². The van der Waals surface area contributed by atoms with Crippen molar-refractivity contribution < 1.29 is 19.2 Å². The molecule has 1 heterocycles. The van der Waals surface area contributed by atoms with Gasteiger partial charge in [0.15, 0.2) is 11.5 Å². The van der Waals surface area contributed by atoms with Crippen molar-refractivity contribution in [3.05, 3.63) is 33.4 Å². The first-order valence-electron chi connectivity index (χ1n) is 5.49. The summed E-state index contributed by atoms with van der Waals surface area (Å²) in [6.45, 7) is 3.85. The van der Waals surface area contributed by atoms with Crippen molar-refractivity contribution in [2.45, 2.75) is 13.8 Å². The molecule has 0 aliphatic carbocycles. The molecule has 0 saturated carbocycles. The fraction of sp³-hybridized carbons (Fsp3) is 0.231. The number of hydrogen-bond donors (Lipinski definition) is 1. The number of carbonyl (C=O) groups is 1. The molecule has 2 aromatic rings. The summed E-state index contributed by atoms with van der Waals surface area (Å²) in [7, 11) is 1.55. The van der Waals surface area contributed by atoms with E-state index in [-0.39, 0.29) is 5.69 Å². The lowest BCUT2D eigenvalue weighted by Gasteiger charge is -2.13. The van der Waals surface area contributed by atoms with Crippen molar-refractivity contribution in [2.24, 2.45) is 0 Å². The molecule has 0 radical (unpaired) electrons. The van der Waals surface area contributed by atoms with Gasteiger partial charge in [0.2, 0.25) is 0 Å². The van der Waals surface area contributed by atoms with Crippen LogP contribution in [0.1, 0.15) is 21.6 Å². The summed E-state index contributed by atoms with van der Waals surface area (Å²) in [5.41, 5.74) is 2.51. The molecule has 0 saturated heterocycles. The Morgan fingerprint density at radius 3 is 2.58 bits per heavy atom. The van der Waals surface area contributed by atoms with E-state index in [0.29, 0.717) is 17.1 Å². The lowest BCUT2D eigenvalue weighted by atomic mass is 10.0. The van der Waals surface area contributed by atoms with Gasteiger partial charge in [0.05, 0.1) is 17.1 Å². The topological polar surface area (TPSA) is 72.6 Å². The molecule has 2 rings (SSSR count). The highest BCUT2D eigenvalue weighted by atomic mass is 79.9. The number of carboxylic acid groups (broad SMARTS) is 1. The zero-order valence-corrected chi connectivity index (χ0v) is 12.2. The minimum Gasteiger partial charge on any atom is -0.495 e. The van der Waals surface area contributed by atoms with Crippen LogP contribution in [-0.4, -0.2) is 23.3 Å². The molecule has 0 bridgehead atoms.